The van der Waals surface area contributed by atoms with E-state index in [2.05, 4.69) is 115 Å². The predicted molar refractivity (Wildman–Crippen MR) is 115 cm³/mol. The molecule has 0 heterocycles. The van der Waals surface area contributed by atoms with E-state index in [1.807, 2.05) is 6.07 Å². The van der Waals surface area contributed by atoms with E-state index in [4.69, 9.17) is 0 Å². The lowest BCUT2D eigenvalue weighted by atomic mass is 10.0. The van der Waals surface area contributed by atoms with Gasteiger partial charge < -0.3 is 0 Å². The van der Waals surface area contributed by atoms with Crippen LogP contribution in [0, 0.1) is 0 Å². The van der Waals surface area contributed by atoms with E-state index in [0.717, 1.165) is 0 Å². The quantitative estimate of drug-likeness (QED) is 0.347. The van der Waals surface area contributed by atoms with Crippen molar-refractivity contribution in [2.45, 2.75) is 0 Å². The summed E-state index contributed by atoms with van der Waals surface area (Å²) in [5.41, 5.74) is 4.83. The molecule has 0 bridgehead atoms. The molecular formula is C26H20. The van der Waals surface area contributed by atoms with E-state index in [1.54, 1.807) is 0 Å². The smallest absolute Gasteiger partial charge is 0.0178 e. The van der Waals surface area contributed by atoms with Crippen molar-refractivity contribution in [2.75, 3.05) is 0 Å². The van der Waals surface area contributed by atoms with Crippen LogP contribution in [0.1, 0.15) is 22.3 Å². The minimum absolute atomic E-state index is 1.20. The molecule has 0 aromatic heterocycles. The molecule has 124 valence electrons. The number of benzene rings is 4. The summed E-state index contributed by atoms with van der Waals surface area (Å²) >= 11 is 0. The van der Waals surface area contributed by atoms with Crippen LogP contribution in [0.25, 0.3) is 35.1 Å². The van der Waals surface area contributed by atoms with Gasteiger partial charge in [0.15, 0.2) is 0 Å². The van der Waals surface area contributed by atoms with E-state index >= 15 is 0 Å². The van der Waals surface area contributed by atoms with Crippen LogP contribution in [0.4, 0.5) is 0 Å². The van der Waals surface area contributed by atoms with Crippen molar-refractivity contribution in [2.24, 2.45) is 0 Å². The molecule has 0 atom stereocenters. The molecule has 0 radical (unpaired) electrons. The molecule has 0 saturated heterocycles. The summed E-state index contributed by atoms with van der Waals surface area (Å²) in [5.74, 6) is 0. The topological polar surface area (TPSA) is 0 Å². The Morgan fingerprint density at radius 2 is 0.885 bits per heavy atom. The van der Waals surface area contributed by atoms with Crippen molar-refractivity contribution in [3.05, 3.63) is 119 Å². The fourth-order valence-corrected chi connectivity index (χ4v) is 3.03. The van der Waals surface area contributed by atoms with E-state index in [0.29, 0.717) is 0 Å². The van der Waals surface area contributed by atoms with E-state index in [1.165, 1.54) is 33.0 Å². The Morgan fingerprint density at radius 3 is 1.62 bits per heavy atom. The number of rotatable bonds is 4. The van der Waals surface area contributed by atoms with Gasteiger partial charge in [-0.1, -0.05) is 109 Å². The average molecular weight is 332 g/mol. The largest absolute Gasteiger partial charge is 0.0622 e. The van der Waals surface area contributed by atoms with Crippen molar-refractivity contribution in [3.8, 4) is 0 Å². The molecule has 0 aliphatic carbocycles. The molecule has 4 aromatic carbocycles. The molecule has 0 heteroatoms. The Balaban J connectivity index is 1.54. The van der Waals surface area contributed by atoms with E-state index < -0.39 is 0 Å². The van der Waals surface area contributed by atoms with Gasteiger partial charge in [-0.05, 0) is 45.2 Å². The Kier molecular flexibility index (Phi) is 4.75. The third kappa shape index (κ3) is 3.99. The fraction of sp³-hybridized carbons (Fsp3) is 0. The summed E-state index contributed by atoms with van der Waals surface area (Å²) in [7, 11) is 0. The molecule has 0 aliphatic heterocycles. The fourth-order valence-electron chi connectivity index (χ4n) is 3.03. The molecule has 4 rings (SSSR count). The molecule has 0 nitrogen and oxygen atoms in total. The second-order valence-corrected chi connectivity index (χ2v) is 6.35. The number of hydrogen-bond acceptors (Lipinski definition) is 0. The lowest BCUT2D eigenvalue weighted by molar-refractivity contribution is 1.62. The average Bonchev–Trinajstić information content (AvgIpc) is 2.72. The lowest BCUT2D eigenvalue weighted by Crippen LogP contribution is -1.77. The lowest BCUT2D eigenvalue weighted by Gasteiger charge is -2.00. The first-order valence-electron chi connectivity index (χ1n) is 8.87. The van der Waals surface area contributed by atoms with Crippen LogP contribution in [0.3, 0.4) is 0 Å². The maximum atomic E-state index is 2.23. The van der Waals surface area contributed by atoms with Crippen LogP contribution in [-0.4, -0.2) is 0 Å². The second kappa shape index (κ2) is 7.67. The van der Waals surface area contributed by atoms with Gasteiger partial charge in [-0.25, -0.2) is 0 Å². The molecule has 0 unspecified atom stereocenters. The SMILES string of the molecule is C(=Cc1cccc(C=Cc2ccc3ccccc3c2)c1)c1ccccc1. The third-order valence-corrected chi connectivity index (χ3v) is 4.42. The molecule has 0 saturated carbocycles. The van der Waals surface area contributed by atoms with E-state index in [9.17, 15) is 0 Å². The first-order chi connectivity index (χ1) is 12.9. The summed E-state index contributed by atoms with van der Waals surface area (Å²) in [4.78, 5) is 0. The van der Waals surface area contributed by atoms with Gasteiger partial charge in [-0.2, -0.15) is 0 Å². The normalized spacial score (nSPS) is 11.5. The van der Waals surface area contributed by atoms with Crippen molar-refractivity contribution >= 4 is 35.1 Å². The first-order valence-corrected chi connectivity index (χ1v) is 8.87. The summed E-state index contributed by atoms with van der Waals surface area (Å²) in [6.45, 7) is 0. The number of hydrogen-bond donors (Lipinski definition) is 0. The highest BCUT2D eigenvalue weighted by molar-refractivity contribution is 5.86. The minimum atomic E-state index is 1.20. The zero-order valence-electron chi connectivity index (χ0n) is 14.5. The van der Waals surface area contributed by atoms with Crippen LogP contribution in [-0.2, 0) is 0 Å². The monoisotopic (exact) mass is 332 g/mol. The molecule has 0 amide bonds. The Labute approximate surface area is 154 Å². The molecule has 0 N–H and O–H groups in total. The van der Waals surface area contributed by atoms with Gasteiger partial charge in [-0.15, -0.1) is 0 Å². The highest BCUT2D eigenvalue weighted by Crippen LogP contribution is 2.18. The van der Waals surface area contributed by atoms with E-state index in [-0.39, 0.29) is 0 Å². The van der Waals surface area contributed by atoms with Crippen LogP contribution >= 0.6 is 0 Å². The number of fused-ring (bicyclic) bond motifs is 1. The summed E-state index contributed by atoms with van der Waals surface area (Å²) < 4.78 is 0. The Hall–Kier alpha value is -3.38. The van der Waals surface area contributed by atoms with Crippen LogP contribution in [0.5, 0.6) is 0 Å². The summed E-state index contributed by atoms with van der Waals surface area (Å²) in [5, 5.41) is 2.55. The molecule has 0 aliphatic rings. The van der Waals surface area contributed by atoms with Gasteiger partial charge in [0, 0.05) is 0 Å². The van der Waals surface area contributed by atoms with Gasteiger partial charge >= 0.3 is 0 Å². The Bertz CT molecular complexity index is 1070. The predicted octanol–water partition coefficient (Wildman–Crippen LogP) is 7.18. The van der Waals surface area contributed by atoms with Gasteiger partial charge in [0.2, 0.25) is 0 Å². The molecular weight excluding hydrogens is 312 g/mol. The van der Waals surface area contributed by atoms with Crippen molar-refractivity contribution in [3.63, 3.8) is 0 Å². The van der Waals surface area contributed by atoms with Crippen molar-refractivity contribution in [1.82, 2.24) is 0 Å². The van der Waals surface area contributed by atoms with Gasteiger partial charge in [0.25, 0.3) is 0 Å². The van der Waals surface area contributed by atoms with Crippen molar-refractivity contribution < 1.29 is 0 Å². The van der Waals surface area contributed by atoms with Crippen LogP contribution in [0.15, 0.2) is 97.1 Å². The summed E-state index contributed by atoms with van der Waals surface area (Å²) in [6, 6.07) is 34.0. The highest BCUT2D eigenvalue weighted by Gasteiger charge is 1.94. The molecule has 0 spiro atoms. The minimum Gasteiger partial charge on any atom is -0.0622 e. The Morgan fingerprint density at radius 1 is 0.346 bits per heavy atom. The van der Waals surface area contributed by atoms with Gasteiger partial charge in [0.05, 0.1) is 0 Å². The van der Waals surface area contributed by atoms with Gasteiger partial charge in [-0.3, -0.25) is 0 Å². The zero-order chi connectivity index (χ0) is 17.6. The highest BCUT2D eigenvalue weighted by atomic mass is 14.0. The summed E-state index contributed by atoms with van der Waals surface area (Å²) in [6.07, 6.45) is 8.64. The zero-order valence-corrected chi connectivity index (χ0v) is 14.5. The molecule has 0 fully saturated rings. The molecule has 26 heavy (non-hydrogen) atoms. The first kappa shape index (κ1) is 16.1. The second-order valence-electron chi connectivity index (χ2n) is 6.35. The maximum absolute atomic E-state index is 2.23. The van der Waals surface area contributed by atoms with Gasteiger partial charge in [0.1, 0.15) is 0 Å². The van der Waals surface area contributed by atoms with Crippen LogP contribution in [0.2, 0.25) is 0 Å². The van der Waals surface area contributed by atoms with Crippen LogP contribution < -0.4 is 0 Å². The molecule has 4 aromatic rings. The van der Waals surface area contributed by atoms with Crippen molar-refractivity contribution in [1.29, 1.82) is 0 Å². The maximum Gasteiger partial charge on any atom is -0.0178 e. The third-order valence-electron chi connectivity index (χ3n) is 4.42. The standard InChI is InChI=1S/C26H20/c1-2-7-21(8-3-1)13-14-22-9-6-10-23(19-22)15-16-24-17-18-25-11-4-5-12-26(25)20-24/h1-20H.